The van der Waals surface area contributed by atoms with Gasteiger partial charge in [0.25, 0.3) is 0 Å². The summed E-state index contributed by atoms with van der Waals surface area (Å²) in [6.07, 6.45) is 0. The van der Waals surface area contributed by atoms with Crippen LogP contribution in [-0.4, -0.2) is 36.1 Å². The average molecular weight is 339 g/mol. The number of hydrogen-bond acceptors (Lipinski definition) is 5. The first-order valence-corrected chi connectivity index (χ1v) is 8.45. The second-order valence-corrected chi connectivity index (χ2v) is 8.09. The zero-order valence-electron chi connectivity index (χ0n) is 15.6. The zero-order chi connectivity index (χ0) is 18.6. The van der Waals surface area contributed by atoms with Crippen LogP contribution in [0.5, 0.6) is 0 Å². The molecule has 0 aliphatic carbocycles. The Balaban J connectivity index is 2.11. The molecule has 0 atom stereocenters. The first-order valence-electron chi connectivity index (χ1n) is 8.45. The topological polar surface area (TPSA) is 71.7 Å². The minimum absolute atomic E-state index is 0.482. The molecule has 3 rings (SSSR count). The highest BCUT2D eigenvalue weighted by molar-refractivity contribution is 6.74. The molecule has 2 heterocycles. The Kier molecular flexibility index (Phi) is 4.17. The zero-order valence-corrected chi connectivity index (χ0v) is 15.6. The third-order valence-electron chi connectivity index (χ3n) is 5.41. The van der Waals surface area contributed by atoms with Gasteiger partial charge in [-0.3, -0.25) is 0 Å². The van der Waals surface area contributed by atoms with E-state index in [4.69, 9.17) is 19.2 Å². The molecule has 2 aliphatic heterocycles. The molecular formula is C18H23B2NO4. The van der Waals surface area contributed by atoms with Gasteiger partial charge in [0, 0.05) is 0 Å². The minimum Gasteiger partial charge on any atom is -0.423 e. The number of nitrogens with zero attached hydrogens (tertiary/aromatic N) is 1. The van der Waals surface area contributed by atoms with Crippen molar-refractivity contribution in [2.24, 2.45) is 0 Å². The normalized spacial score (nSPS) is 23.9. The first kappa shape index (κ1) is 18.2. The summed E-state index contributed by atoms with van der Waals surface area (Å²) >= 11 is 0. The van der Waals surface area contributed by atoms with E-state index in [-0.39, 0.29) is 0 Å². The number of rotatable bonds is 2. The maximum atomic E-state index is 10.5. The minimum atomic E-state index is -1.07. The van der Waals surface area contributed by atoms with Crippen LogP contribution in [0, 0.1) is 11.3 Å². The van der Waals surface area contributed by atoms with Gasteiger partial charge in [-0.2, -0.15) is 5.26 Å². The molecule has 1 saturated heterocycles. The molecule has 7 heteroatoms. The van der Waals surface area contributed by atoms with Crippen molar-refractivity contribution in [2.75, 3.05) is 0 Å². The highest BCUT2D eigenvalue weighted by Crippen LogP contribution is 2.46. The highest BCUT2D eigenvalue weighted by atomic mass is 16.7. The fourth-order valence-electron chi connectivity index (χ4n) is 3.25. The summed E-state index contributed by atoms with van der Waals surface area (Å²) in [5, 5.41) is 19.5. The Morgan fingerprint density at radius 2 is 1.44 bits per heavy atom. The maximum Gasteiger partial charge on any atom is 0.493 e. The lowest BCUT2D eigenvalue weighted by atomic mass is 9.62. The summed E-state index contributed by atoms with van der Waals surface area (Å²) in [6.45, 7) is 11.8. The van der Waals surface area contributed by atoms with Crippen molar-refractivity contribution >= 4 is 19.7 Å². The Bertz CT molecular complexity index is 746. The molecule has 0 radical (unpaired) electrons. The number of benzene rings is 1. The van der Waals surface area contributed by atoms with Gasteiger partial charge in [-0.05, 0) is 70.2 Å². The Morgan fingerprint density at radius 3 is 1.92 bits per heavy atom. The molecule has 1 aromatic rings. The summed E-state index contributed by atoms with van der Waals surface area (Å²) in [4.78, 5) is 0. The van der Waals surface area contributed by atoms with Gasteiger partial charge in [0.05, 0.1) is 28.4 Å². The standard InChI is InChI=1S/C18H23B2NO4/c1-16(2)15(20-24-17(3,4)18(5,6)25-20)14(19(22)23-16)13-9-7-12(11-21)8-10-13/h7-10,22H,1-6H3. The molecule has 1 N–H and O–H groups in total. The number of nitriles is 1. The monoisotopic (exact) mass is 339 g/mol. The van der Waals surface area contributed by atoms with E-state index < -0.39 is 31.0 Å². The molecule has 0 unspecified atom stereocenters. The van der Waals surface area contributed by atoms with Crippen LogP contribution in [0.2, 0.25) is 0 Å². The van der Waals surface area contributed by atoms with Gasteiger partial charge >= 0.3 is 14.2 Å². The van der Waals surface area contributed by atoms with Crippen LogP contribution in [0.3, 0.4) is 0 Å². The van der Waals surface area contributed by atoms with E-state index in [1.807, 2.05) is 53.7 Å². The van der Waals surface area contributed by atoms with Crippen LogP contribution in [0.4, 0.5) is 0 Å². The Morgan fingerprint density at radius 1 is 0.920 bits per heavy atom. The fourth-order valence-corrected chi connectivity index (χ4v) is 3.25. The third kappa shape index (κ3) is 2.94. The SMILES string of the molecule is CC1(C)OB(O)C(c2ccc(C#N)cc2)=C1B1OC(C)(C)C(C)(C)O1. The van der Waals surface area contributed by atoms with Crippen molar-refractivity contribution in [2.45, 2.75) is 58.3 Å². The van der Waals surface area contributed by atoms with Gasteiger partial charge < -0.3 is 19.0 Å². The van der Waals surface area contributed by atoms with Crippen LogP contribution in [0.15, 0.2) is 29.7 Å². The summed E-state index contributed by atoms with van der Waals surface area (Å²) in [6, 6.07) is 9.17. The predicted octanol–water partition coefficient (Wildman–Crippen LogP) is 2.77. The Labute approximate surface area is 149 Å². The third-order valence-corrected chi connectivity index (χ3v) is 5.41. The largest absolute Gasteiger partial charge is 0.493 e. The smallest absolute Gasteiger partial charge is 0.423 e. The summed E-state index contributed by atoms with van der Waals surface area (Å²) in [5.41, 5.74) is 1.09. The van der Waals surface area contributed by atoms with Gasteiger partial charge in [-0.1, -0.05) is 12.1 Å². The van der Waals surface area contributed by atoms with Crippen LogP contribution >= 0.6 is 0 Å². The van der Waals surface area contributed by atoms with E-state index in [1.54, 1.807) is 12.1 Å². The van der Waals surface area contributed by atoms with E-state index in [2.05, 4.69) is 6.07 Å². The van der Waals surface area contributed by atoms with Gasteiger partial charge in [0.1, 0.15) is 0 Å². The molecule has 130 valence electrons. The van der Waals surface area contributed by atoms with Crippen molar-refractivity contribution in [3.63, 3.8) is 0 Å². The quantitative estimate of drug-likeness (QED) is 0.839. The Hall–Kier alpha value is -1.58. The van der Waals surface area contributed by atoms with Crippen LogP contribution in [-0.2, 0) is 14.0 Å². The first-order chi connectivity index (χ1) is 11.5. The van der Waals surface area contributed by atoms with E-state index in [9.17, 15) is 5.02 Å². The molecule has 0 spiro atoms. The second-order valence-electron chi connectivity index (χ2n) is 8.09. The maximum absolute atomic E-state index is 10.5. The van der Waals surface area contributed by atoms with Crippen LogP contribution in [0.1, 0.15) is 52.7 Å². The molecule has 0 saturated carbocycles. The molecular weight excluding hydrogens is 316 g/mol. The van der Waals surface area contributed by atoms with Gasteiger partial charge in [-0.15, -0.1) is 0 Å². The van der Waals surface area contributed by atoms with E-state index in [1.165, 1.54) is 0 Å². The second kappa shape index (κ2) is 5.72. The molecule has 0 amide bonds. The summed E-state index contributed by atoms with van der Waals surface area (Å²) in [5.74, 6) is 0. The summed E-state index contributed by atoms with van der Waals surface area (Å²) < 4.78 is 18.2. The van der Waals surface area contributed by atoms with Crippen molar-refractivity contribution in [3.05, 3.63) is 40.9 Å². The fraction of sp³-hybridized carbons (Fsp3) is 0.500. The summed E-state index contributed by atoms with van der Waals surface area (Å²) in [7, 11) is -1.68. The highest BCUT2D eigenvalue weighted by Gasteiger charge is 2.58. The lowest BCUT2D eigenvalue weighted by Crippen LogP contribution is -2.41. The lowest BCUT2D eigenvalue weighted by Gasteiger charge is -2.32. The number of hydrogen-bond donors (Lipinski definition) is 1. The molecule has 0 aromatic heterocycles. The molecule has 5 nitrogen and oxygen atoms in total. The van der Waals surface area contributed by atoms with Crippen molar-refractivity contribution in [1.82, 2.24) is 0 Å². The van der Waals surface area contributed by atoms with E-state index >= 15 is 0 Å². The molecule has 0 bridgehead atoms. The van der Waals surface area contributed by atoms with Gasteiger partial charge in [0.2, 0.25) is 0 Å². The van der Waals surface area contributed by atoms with Gasteiger partial charge in [0.15, 0.2) is 0 Å². The predicted molar refractivity (Wildman–Crippen MR) is 97.3 cm³/mol. The van der Waals surface area contributed by atoms with Crippen LogP contribution < -0.4 is 0 Å². The van der Waals surface area contributed by atoms with Crippen molar-refractivity contribution in [3.8, 4) is 6.07 Å². The lowest BCUT2D eigenvalue weighted by molar-refractivity contribution is 0.00578. The van der Waals surface area contributed by atoms with Gasteiger partial charge in [-0.25, -0.2) is 0 Å². The molecule has 25 heavy (non-hydrogen) atoms. The molecule has 1 aromatic carbocycles. The van der Waals surface area contributed by atoms with E-state index in [0.717, 1.165) is 11.0 Å². The van der Waals surface area contributed by atoms with Crippen molar-refractivity contribution in [1.29, 1.82) is 5.26 Å². The molecule has 2 aliphatic rings. The average Bonchev–Trinajstić information content (AvgIpc) is 2.86. The molecule has 1 fully saturated rings. The van der Waals surface area contributed by atoms with Crippen LogP contribution in [0.25, 0.3) is 5.47 Å². The van der Waals surface area contributed by atoms with Crippen molar-refractivity contribution < 1.29 is 19.0 Å². The van der Waals surface area contributed by atoms with E-state index in [0.29, 0.717) is 11.0 Å².